The van der Waals surface area contributed by atoms with Crippen molar-refractivity contribution >= 4 is 15.9 Å². The van der Waals surface area contributed by atoms with Gasteiger partial charge < -0.3 is 5.32 Å². The summed E-state index contributed by atoms with van der Waals surface area (Å²) < 4.78 is 1.11. The van der Waals surface area contributed by atoms with E-state index in [1.54, 1.807) is 0 Å². The molecular formula is C10H9BrN2. The highest BCUT2D eigenvalue weighted by atomic mass is 79.9. The average molecular weight is 237 g/mol. The van der Waals surface area contributed by atoms with Crippen molar-refractivity contribution in [2.24, 2.45) is 0 Å². The lowest BCUT2D eigenvalue weighted by molar-refractivity contribution is 0.447. The van der Waals surface area contributed by atoms with Crippen molar-refractivity contribution in [2.75, 3.05) is 13.1 Å². The first kappa shape index (κ1) is 8.74. The summed E-state index contributed by atoms with van der Waals surface area (Å²) in [5.41, 5.74) is 1.99. The van der Waals surface area contributed by atoms with Gasteiger partial charge in [-0.1, -0.05) is 15.9 Å². The van der Waals surface area contributed by atoms with Crippen LogP contribution >= 0.6 is 15.9 Å². The van der Waals surface area contributed by atoms with Gasteiger partial charge in [0.15, 0.2) is 0 Å². The molecule has 1 aromatic carbocycles. The van der Waals surface area contributed by atoms with Gasteiger partial charge in [0, 0.05) is 23.5 Å². The molecule has 0 amide bonds. The number of nitrogens with one attached hydrogen (secondary N) is 1. The van der Waals surface area contributed by atoms with Crippen molar-refractivity contribution in [2.45, 2.75) is 5.92 Å². The Morgan fingerprint density at radius 2 is 2.23 bits per heavy atom. The molecule has 1 aliphatic heterocycles. The van der Waals surface area contributed by atoms with E-state index in [0.29, 0.717) is 5.92 Å². The van der Waals surface area contributed by atoms with Crippen LogP contribution in [0.3, 0.4) is 0 Å². The fourth-order valence-corrected chi connectivity index (χ4v) is 2.01. The third-order valence-corrected chi connectivity index (χ3v) is 3.07. The van der Waals surface area contributed by atoms with Crippen LogP contribution in [0.1, 0.15) is 17.0 Å². The van der Waals surface area contributed by atoms with Crippen LogP contribution in [-0.4, -0.2) is 13.1 Å². The van der Waals surface area contributed by atoms with E-state index in [-0.39, 0.29) is 0 Å². The molecule has 0 unspecified atom stereocenters. The number of hydrogen-bond donors (Lipinski definition) is 1. The highest BCUT2D eigenvalue weighted by molar-refractivity contribution is 9.10. The van der Waals surface area contributed by atoms with Crippen LogP contribution in [-0.2, 0) is 0 Å². The van der Waals surface area contributed by atoms with E-state index >= 15 is 0 Å². The lowest BCUT2D eigenvalue weighted by atomic mass is 9.93. The lowest BCUT2D eigenvalue weighted by Crippen LogP contribution is -2.40. The summed E-state index contributed by atoms with van der Waals surface area (Å²) in [7, 11) is 0. The Morgan fingerprint density at radius 1 is 1.46 bits per heavy atom. The molecule has 1 N–H and O–H groups in total. The zero-order valence-corrected chi connectivity index (χ0v) is 8.63. The van der Waals surface area contributed by atoms with E-state index in [2.05, 4.69) is 27.3 Å². The maximum atomic E-state index is 8.74. The van der Waals surface area contributed by atoms with Crippen LogP contribution in [0.2, 0.25) is 0 Å². The third kappa shape index (κ3) is 1.60. The predicted molar refractivity (Wildman–Crippen MR) is 54.5 cm³/mol. The topological polar surface area (TPSA) is 35.8 Å². The van der Waals surface area contributed by atoms with Crippen molar-refractivity contribution in [3.05, 3.63) is 33.8 Å². The van der Waals surface area contributed by atoms with Crippen LogP contribution < -0.4 is 5.32 Å². The number of benzene rings is 1. The summed E-state index contributed by atoms with van der Waals surface area (Å²) in [5, 5.41) is 12.0. The molecule has 1 heterocycles. The molecule has 0 spiro atoms. The molecule has 0 saturated carbocycles. The standard InChI is InChI=1S/C10H9BrN2/c11-10-2-1-7(4-12)3-9(10)8-5-13-6-8/h1-3,8,13H,5-6H2. The van der Waals surface area contributed by atoms with Gasteiger partial charge in [0.25, 0.3) is 0 Å². The first-order valence-electron chi connectivity index (χ1n) is 4.21. The molecule has 1 aromatic rings. The molecule has 0 radical (unpaired) electrons. The maximum Gasteiger partial charge on any atom is 0.0991 e. The van der Waals surface area contributed by atoms with Gasteiger partial charge in [-0.15, -0.1) is 0 Å². The number of halogens is 1. The maximum absolute atomic E-state index is 8.74. The number of hydrogen-bond acceptors (Lipinski definition) is 2. The molecule has 0 aromatic heterocycles. The Morgan fingerprint density at radius 3 is 2.77 bits per heavy atom. The minimum absolute atomic E-state index is 0.572. The first-order chi connectivity index (χ1) is 6.31. The van der Waals surface area contributed by atoms with Gasteiger partial charge in [-0.05, 0) is 23.8 Å². The molecule has 13 heavy (non-hydrogen) atoms. The highest BCUT2D eigenvalue weighted by Gasteiger charge is 2.21. The smallest absolute Gasteiger partial charge is 0.0991 e. The Hall–Kier alpha value is -0.850. The zero-order chi connectivity index (χ0) is 9.26. The summed E-state index contributed by atoms with van der Waals surface area (Å²) in [6.45, 7) is 2.04. The van der Waals surface area contributed by atoms with Gasteiger partial charge in [-0.3, -0.25) is 0 Å². The molecule has 66 valence electrons. The van der Waals surface area contributed by atoms with E-state index in [4.69, 9.17) is 5.26 Å². The summed E-state index contributed by atoms with van der Waals surface area (Å²) in [4.78, 5) is 0. The molecule has 3 heteroatoms. The molecule has 0 atom stereocenters. The Kier molecular flexibility index (Phi) is 2.34. The fourth-order valence-electron chi connectivity index (χ4n) is 1.43. The van der Waals surface area contributed by atoms with Crippen LogP contribution in [0.5, 0.6) is 0 Å². The molecule has 1 saturated heterocycles. The van der Waals surface area contributed by atoms with Crippen molar-refractivity contribution in [3.8, 4) is 6.07 Å². The van der Waals surface area contributed by atoms with Crippen LogP contribution in [0.25, 0.3) is 0 Å². The van der Waals surface area contributed by atoms with Gasteiger partial charge in [0.2, 0.25) is 0 Å². The minimum Gasteiger partial charge on any atom is -0.315 e. The monoisotopic (exact) mass is 236 g/mol. The quantitative estimate of drug-likeness (QED) is 0.810. The normalized spacial score (nSPS) is 16.3. The Bertz CT molecular complexity index is 364. The van der Waals surface area contributed by atoms with Gasteiger partial charge >= 0.3 is 0 Å². The Balaban J connectivity index is 2.37. The fraction of sp³-hybridized carbons (Fsp3) is 0.300. The summed E-state index contributed by atoms with van der Waals surface area (Å²) in [6, 6.07) is 7.91. The van der Waals surface area contributed by atoms with Crippen molar-refractivity contribution in [3.63, 3.8) is 0 Å². The first-order valence-corrected chi connectivity index (χ1v) is 5.01. The average Bonchev–Trinajstić information content (AvgIpc) is 2.06. The van der Waals surface area contributed by atoms with Crippen molar-refractivity contribution < 1.29 is 0 Å². The highest BCUT2D eigenvalue weighted by Crippen LogP contribution is 2.28. The van der Waals surface area contributed by atoms with E-state index in [1.807, 2.05) is 18.2 Å². The SMILES string of the molecule is N#Cc1ccc(Br)c(C2CNC2)c1. The second kappa shape index (κ2) is 3.49. The lowest BCUT2D eigenvalue weighted by Gasteiger charge is -2.28. The summed E-state index contributed by atoms with van der Waals surface area (Å²) in [5.74, 6) is 0.572. The molecule has 2 nitrogen and oxygen atoms in total. The van der Waals surface area contributed by atoms with Gasteiger partial charge in [0.05, 0.1) is 11.6 Å². The largest absolute Gasteiger partial charge is 0.315 e. The van der Waals surface area contributed by atoms with E-state index in [9.17, 15) is 0 Å². The number of nitriles is 1. The molecular weight excluding hydrogens is 228 g/mol. The van der Waals surface area contributed by atoms with Gasteiger partial charge in [-0.2, -0.15) is 5.26 Å². The second-order valence-electron chi connectivity index (χ2n) is 3.20. The third-order valence-electron chi connectivity index (χ3n) is 2.35. The molecule has 0 aliphatic carbocycles. The zero-order valence-electron chi connectivity index (χ0n) is 7.05. The summed E-state index contributed by atoms with van der Waals surface area (Å²) in [6.07, 6.45) is 0. The minimum atomic E-state index is 0.572. The van der Waals surface area contributed by atoms with Crippen molar-refractivity contribution in [1.29, 1.82) is 5.26 Å². The predicted octanol–water partition coefficient (Wildman–Crippen LogP) is 2.01. The number of rotatable bonds is 1. The van der Waals surface area contributed by atoms with E-state index < -0.39 is 0 Å². The van der Waals surface area contributed by atoms with Crippen molar-refractivity contribution in [1.82, 2.24) is 5.32 Å². The molecule has 1 fully saturated rings. The molecule has 2 rings (SSSR count). The number of nitrogens with zero attached hydrogens (tertiary/aromatic N) is 1. The van der Waals surface area contributed by atoms with Crippen LogP contribution in [0.4, 0.5) is 0 Å². The van der Waals surface area contributed by atoms with Crippen LogP contribution in [0.15, 0.2) is 22.7 Å². The van der Waals surface area contributed by atoms with Gasteiger partial charge in [0.1, 0.15) is 0 Å². The second-order valence-corrected chi connectivity index (χ2v) is 4.06. The summed E-state index contributed by atoms with van der Waals surface area (Å²) >= 11 is 3.50. The van der Waals surface area contributed by atoms with E-state index in [1.165, 1.54) is 5.56 Å². The van der Waals surface area contributed by atoms with Crippen LogP contribution in [0, 0.1) is 11.3 Å². The molecule has 1 aliphatic rings. The van der Waals surface area contributed by atoms with E-state index in [0.717, 1.165) is 23.1 Å². The van der Waals surface area contributed by atoms with Gasteiger partial charge in [-0.25, -0.2) is 0 Å². The Labute approximate surface area is 85.7 Å². The molecule has 0 bridgehead atoms.